The van der Waals surface area contributed by atoms with Crippen LogP contribution in [0.5, 0.6) is 0 Å². The van der Waals surface area contributed by atoms with E-state index in [0.717, 1.165) is 38.5 Å². The third-order valence-electron chi connectivity index (χ3n) is 7.02. The van der Waals surface area contributed by atoms with Gasteiger partial charge < -0.3 is 30.7 Å². The number of hydrogen-bond acceptors (Lipinski definition) is 6. The van der Waals surface area contributed by atoms with Gasteiger partial charge in [0, 0.05) is 25.7 Å². The molecule has 0 aromatic heterocycles. The van der Waals surface area contributed by atoms with Gasteiger partial charge in [0.05, 0.1) is 6.04 Å². The van der Waals surface area contributed by atoms with Crippen molar-refractivity contribution in [3.05, 3.63) is 0 Å². The van der Waals surface area contributed by atoms with Crippen LogP contribution in [0.25, 0.3) is 0 Å². The summed E-state index contributed by atoms with van der Waals surface area (Å²) in [5.74, 6) is -3.99. The number of unbranched alkanes of at least 4 members (excludes halogenated alkanes) is 15. The molecule has 0 radical (unpaired) electrons. The molecule has 2 amide bonds. The SMILES string of the molecule is O=CC(CCC(=O)O)NC(=O)CCC(NC(=O)CCCCCCCCCCCCCCCCCCC(=O)O)C(=O)O. The molecular weight excluding hydrogens is 532 g/mol. The summed E-state index contributed by atoms with van der Waals surface area (Å²) in [6.07, 6.45) is 18.0. The standard InChI is InChI=1S/C30H52N2O9/c33-23-24(19-22-29(38)39)31-27(35)21-20-25(30(40)41)32-26(34)17-15-13-11-9-7-5-3-1-2-4-6-8-10-12-14-16-18-28(36)37/h23-25H,1-22H2,(H,31,35)(H,32,34)(H,36,37)(H,38,39)(H,40,41). The third-order valence-corrected chi connectivity index (χ3v) is 7.02. The lowest BCUT2D eigenvalue weighted by Gasteiger charge is -2.16. The number of carboxylic acids is 3. The molecular formula is C30H52N2O9. The topological polar surface area (TPSA) is 187 Å². The Hall–Kier alpha value is -2.98. The zero-order valence-electron chi connectivity index (χ0n) is 24.6. The van der Waals surface area contributed by atoms with Crippen molar-refractivity contribution in [3.63, 3.8) is 0 Å². The van der Waals surface area contributed by atoms with E-state index in [9.17, 15) is 33.9 Å². The summed E-state index contributed by atoms with van der Waals surface area (Å²) in [4.78, 5) is 67.7. The number of carboxylic acid groups (broad SMARTS) is 3. The Kier molecular flexibility index (Phi) is 24.1. The van der Waals surface area contributed by atoms with Gasteiger partial charge >= 0.3 is 17.9 Å². The highest BCUT2D eigenvalue weighted by molar-refractivity contribution is 5.85. The largest absolute Gasteiger partial charge is 0.481 e. The average Bonchev–Trinajstić information content (AvgIpc) is 2.92. The highest BCUT2D eigenvalue weighted by Crippen LogP contribution is 2.14. The van der Waals surface area contributed by atoms with E-state index in [2.05, 4.69) is 10.6 Å². The third kappa shape index (κ3) is 25.7. The average molecular weight is 585 g/mol. The Balaban J connectivity index is 3.73. The maximum atomic E-state index is 12.2. The van der Waals surface area contributed by atoms with Crippen LogP contribution in [0.1, 0.15) is 141 Å². The molecule has 2 unspecified atom stereocenters. The van der Waals surface area contributed by atoms with E-state index in [1.807, 2.05) is 0 Å². The van der Waals surface area contributed by atoms with Crippen molar-refractivity contribution in [2.45, 2.75) is 153 Å². The van der Waals surface area contributed by atoms with Gasteiger partial charge in [-0.2, -0.15) is 0 Å². The number of carbonyl (C=O) groups is 6. The lowest BCUT2D eigenvalue weighted by atomic mass is 10.0. The molecule has 236 valence electrons. The van der Waals surface area contributed by atoms with Crippen molar-refractivity contribution in [3.8, 4) is 0 Å². The fourth-order valence-electron chi connectivity index (χ4n) is 4.57. The Morgan fingerprint density at radius 2 is 0.878 bits per heavy atom. The zero-order chi connectivity index (χ0) is 30.7. The molecule has 0 aromatic carbocycles. The molecule has 41 heavy (non-hydrogen) atoms. The number of aliphatic carboxylic acids is 3. The number of nitrogens with one attached hydrogen (secondary N) is 2. The predicted octanol–water partition coefficient (Wildman–Crippen LogP) is 4.99. The molecule has 0 saturated carbocycles. The first-order valence-corrected chi connectivity index (χ1v) is 15.4. The van der Waals surface area contributed by atoms with Crippen molar-refractivity contribution in [2.75, 3.05) is 0 Å². The van der Waals surface area contributed by atoms with Crippen molar-refractivity contribution in [1.29, 1.82) is 0 Å². The minimum atomic E-state index is -1.24. The molecule has 0 heterocycles. The van der Waals surface area contributed by atoms with E-state index < -0.39 is 35.9 Å². The molecule has 0 aliphatic carbocycles. The summed E-state index contributed by atoms with van der Waals surface area (Å²) >= 11 is 0. The van der Waals surface area contributed by atoms with E-state index in [-0.39, 0.29) is 44.4 Å². The first kappa shape index (κ1) is 38.0. The van der Waals surface area contributed by atoms with Crippen LogP contribution in [0.4, 0.5) is 0 Å². The van der Waals surface area contributed by atoms with Gasteiger partial charge in [0.25, 0.3) is 0 Å². The predicted molar refractivity (Wildman–Crippen MR) is 154 cm³/mol. The van der Waals surface area contributed by atoms with Crippen molar-refractivity contribution in [1.82, 2.24) is 10.6 Å². The summed E-state index contributed by atoms with van der Waals surface area (Å²) in [5.41, 5.74) is 0. The second kappa shape index (κ2) is 26.0. The van der Waals surface area contributed by atoms with E-state index in [1.54, 1.807) is 0 Å². The fraction of sp³-hybridized carbons (Fsp3) is 0.800. The minimum Gasteiger partial charge on any atom is -0.481 e. The Morgan fingerprint density at radius 1 is 0.488 bits per heavy atom. The molecule has 0 bridgehead atoms. The summed E-state index contributed by atoms with van der Waals surface area (Å²) in [6, 6.07) is -2.16. The van der Waals surface area contributed by atoms with Crippen LogP contribution in [0.15, 0.2) is 0 Å². The smallest absolute Gasteiger partial charge is 0.326 e. The normalized spacial score (nSPS) is 12.3. The monoisotopic (exact) mass is 584 g/mol. The quantitative estimate of drug-likeness (QED) is 0.0596. The van der Waals surface area contributed by atoms with Crippen LogP contribution in [-0.2, 0) is 28.8 Å². The lowest BCUT2D eigenvalue weighted by Crippen LogP contribution is -2.42. The van der Waals surface area contributed by atoms with Gasteiger partial charge in [-0.15, -0.1) is 0 Å². The van der Waals surface area contributed by atoms with Crippen LogP contribution >= 0.6 is 0 Å². The van der Waals surface area contributed by atoms with E-state index in [0.29, 0.717) is 12.7 Å². The molecule has 0 aliphatic heterocycles. The fourth-order valence-corrected chi connectivity index (χ4v) is 4.57. The van der Waals surface area contributed by atoms with Gasteiger partial charge in [0.2, 0.25) is 11.8 Å². The molecule has 0 spiro atoms. The lowest BCUT2D eigenvalue weighted by molar-refractivity contribution is -0.142. The maximum Gasteiger partial charge on any atom is 0.326 e. The second-order valence-corrected chi connectivity index (χ2v) is 10.8. The summed E-state index contributed by atoms with van der Waals surface area (Å²) < 4.78 is 0. The van der Waals surface area contributed by atoms with E-state index >= 15 is 0 Å². The summed E-state index contributed by atoms with van der Waals surface area (Å²) in [7, 11) is 0. The van der Waals surface area contributed by atoms with Crippen molar-refractivity contribution >= 4 is 36.0 Å². The van der Waals surface area contributed by atoms with E-state index in [4.69, 9.17) is 10.2 Å². The molecule has 0 fully saturated rings. The number of rotatable bonds is 29. The maximum absolute atomic E-state index is 12.2. The zero-order valence-corrected chi connectivity index (χ0v) is 24.6. The first-order chi connectivity index (χ1) is 19.6. The van der Waals surface area contributed by atoms with Crippen molar-refractivity contribution in [2.24, 2.45) is 0 Å². The molecule has 11 nitrogen and oxygen atoms in total. The van der Waals surface area contributed by atoms with Crippen LogP contribution in [0, 0.1) is 0 Å². The van der Waals surface area contributed by atoms with Gasteiger partial charge in [-0.3, -0.25) is 19.2 Å². The van der Waals surface area contributed by atoms with Crippen LogP contribution in [-0.4, -0.2) is 63.4 Å². The number of hydrogen-bond donors (Lipinski definition) is 5. The molecule has 0 aromatic rings. The second-order valence-electron chi connectivity index (χ2n) is 10.8. The van der Waals surface area contributed by atoms with Gasteiger partial charge in [-0.1, -0.05) is 89.9 Å². The molecule has 5 N–H and O–H groups in total. The first-order valence-electron chi connectivity index (χ1n) is 15.4. The molecule has 0 rings (SSSR count). The van der Waals surface area contributed by atoms with Gasteiger partial charge in [0.1, 0.15) is 12.3 Å². The van der Waals surface area contributed by atoms with E-state index in [1.165, 1.54) is 57.8 Å². The molecule has 11 heteroatoms. The molecule has 0 aliphatic rings. The summed E-state index contributed by atoms with van der Waals surface area (Å²) in [6.45, 7) is 0. The Bertz CT molecular complexity index is 773. The number of amides is 2. The van der Waals surface area contributed by atoms with Gasteiger partial charge in [-0.05, 0) is 25.7 Å². The molecule has 2 atom stereocenters. The van der Waals surface area contributed by atoms with Crippen LogP contribution in [0.2, 0.25) is 0 Å². The van der Waals surface area contributed by atoms with Crippen LogP contribution in [0.3, 0.4) is 0 Å². The summed E-state index contributed by atoms with van der Waals surface area (Å²) in [5, 5.41) is 31.5. The molecule has 0 saturated heterocycles. The Labute approximate surface area is 244 Å². The van der Waals surface area contributed by atoms with Crippen molar-refractivity contribution < 1.29 is 44.1 Å². The highest BCUT2D eigenvalue weighted by atomic mass is 16.4. The number of carbonyl (C=O) groups excluding carboxylic acids is 3. The highest BCUT2D eigenvalue weighted by Gasteiger charge is 2.22. The minimum absolute atomic E-state index is 0.0501. The van der Waals surface area contributed by atoms with Crippen LogP contribution < -0.4 is 10.6 Å². The van der Waals surface area contributed by atoms with Gasteiger partial charge in [0.15, 0.2) is 0 Å². The Morgan fingerprint density at radius 3 is 1.27 bits per heavy atom. The van der Waals surface area contributed by atoms with Gasteiger partial charge in [-0.25, -0.2) is 4.79 Å². The number of aldehydes is 1.